The highest BCUT2D eigenvalue weighted by molar-refractivity contribution is 7.21. The number of hydrogen-bond acceptors (Lipinski definition) is 6. The normalized spacial score (nSPS) is 18.0. The van der Waals surface area contributed by atoms with Gasteiger partial charge in [0.25, 0.3) is 0 Å². The number of aromatic nitrogens is 1. The van der Waals surface area contributed by atoms with Crippen molar-refractivity contribution in [3.05, 3.63) is 41.4 Å². The molecule has 0 spiro atoms. The van der Waals surface area contributed by atoms with Crippen molar-refractivity contribution in [2.24, 2.45) is 11.1 Å². The number of unbranched alkanes of at least 4 members (excludes halogenated alkanes) is 1. The maximum Gasteiger partial charge on any atom is 0.436 e. The van der Waals surface area contributed by atoms with Crippen LogP contribution in [0.15, 0.2) is 41.6 Å². The molecule has 2 aliphatic carbocycles. The molecule has 5 rings (SSSR count). The second-order valence-corrected chi connectivity index (χ2v) is 13.0. The van der Waals surface area contributed by atoms with Gasteiger partial charge in [0, 0.05) is 23.9 Å². The van der Waals surface area contributed by atoms with Crippen LogP contribution < -0.4 is 0 Å². The minimum Gasteiger partial charge on any atom is -0.300 e. The molecule has 1 heterocycles. The Kier molecular flexibility index (Phi) is 10.4. The quantitative estimate of drug-likeness (QED) is 0.130. The zero-order chi connectivity index (χ0) is 28.6. The van der Waals surface area contributed by atoms with Crippen LogP contribution in [0.1, 0.15) is 115 Å². The molecule has 2 fully saturated rings. The van der Waals surface area contributed by atoms with Crippen LogP contribution in [0.2, 0.25) is 0 Å². The van der Waals surface area contributed by atoms with Gasteiger partial charge in [0.2, 0.25) is 0 Å². The van der Waals surface area contributed by atoms with Gasteiger partial charge in [-0.2, -0.15) is 0 Å². The second kappa shape index (κ2) is 14.4. The highest BCUT2D eigenvalue weighted by atomic mass is 32.1. The third-order valence-electron chi connectivity index (χ3n) is 9.13. The van der Waals surface area contributed by atoms with Crippen LogP contribution in [0.5, 0.6) is 0 Å². The Morgan fingerprint density at radius 1 is 0.976 bits per heavy atom. The first-order valence-electron chi connectivity index (χ1n) is 16.0. The number of oxime groups is 1. The summed E-state index contributed by atoms with van der Waals surface area (Å²) in [7, 11) is 0. The van der Waals surface area contributed by atoms with Crippen LogP contribution in [-0.2, 0) is 9.63 Å². The van der Waals surface area contributed by atoms with Gasteiger partial charge in [0.15, 0.2) is 11.5 Å². The Morgan fingerprint density at radius 3 is 2.32 bits per heavy atom. The van der Waals surface area contributed by atoms with E-state index in [0.29, 0.717) is 11.4 Å². The van der Waals surface area contributed by atoms with Crippen LogP contribution in [0.4, 0.5) is 4.79 Å². The van der Waals surface area contributed by atoms with Crippen LogP contribution in [0.25, 0.3) is 21.0 Å². The van der Waals surface area contributed by atoms with E-state index in [1.807, 2.05) is 17.0 Å². The predicted octanol–water partition coefficient (Wildman–Crippen LogP) is 9.43. The molecule has 2 saturated carbocycles. The Labute approximate surface area is 248 Å². The first-order chi connectivity index (χ1) is 20.1. The highest BCUT2D eigenvalue weighted by Crippen LogP contribution is 2.32. The number of fused-ring (bicyclic) bond motifs is 3. The molecule has 1 unspecified atom stereocenters. The number of hydrogen-bond donors (Lipinski definition) is 0. The summed E-state index contributed by atoms with van der Waals surface area (Å²) in [6, 6.07) is 12.7. The highest BCUT2D eigenvalue weighted by Gasteiger charge is 2.34. The first-order valence-corrected chi connectivity index (χ1v) is 16.8. The molecule has 0 N–H and O–H groups in total. The molecule has 1 atom stereocenters. The molecule has 0 radical (unpaired) electrons. The molecule has 3 aromatic rings. The number of benzene rings is 2. The molecule has 220 valence electrons. The van der Waals surface area contributed by atoms with E-state index in [1.165, 1.54) is 24.2 Å². The lowest BCUT2D eigenvalue weighted by atomic mass is 9.89. The van der Waals surface area contributed by atoms with Gasteiger partial charge >= 0.3 is 6.09 Å². The van der Waals surface area contributed by atoms with Crippen molar-refractivity contribution in [1.82, 2.24) is 9.88 Å². The zero-order valence-electron chi connectivity index (χ0n) is 24.8. The topological polar surface area (TPSA) is 71.9 Å². The first kappa shape index (κ1) is 29.7. The maximum absolute atomic E-state index is 13.8. The monoisotopic (exact) mass is 575 g/mol. The summed E-state index contributed by atoms with van der Waals surface area (Å²) in [6.45, 7) is 4.32. The molecule has 1 amide bonds. The van der Waals surface area contributed by atoms with E-state index in [4.69, 9.17) is 9.82 Å². The van der Waals surface area contributed by atoms with Crippen molar-refractivity contribution in [1.29, 1.82) is 0 Å². The molecule has 41 heavy (non-hydrogen) atoms. The van der Waals surface area contributed by atoms with Gasteiger partial charge < -0.3 is 4.90 Å². The number of thiazole rings is 1. The van der Waals surface area contributed by atoms with Gasteiger partial charge in [-0.3, -0.25) is 9.63 Å². The van der Waals surface area contributed by atoms with Gasteiger partial charge in [0.1, 0.15) is 5.01 Å². The fraction of sp³-hybridized carbons (Fsp3) is 0.588. The van der Waals surface area contributed by atoms with Crippen LogP contribution in [-0.4, -0.2) is 39.6 Å². The SMILES string of the molecule is CCCCC(CC)CC(=O)C(=NOC(=O)N(C1CCCCC1)C1CCCCC1)c1nc2c(ccc3ccccc32)s1. The minimum atomic E-state index is -0.404. The average molecular weight is 576 g/mol. The molecule has 0 saturated heterocycles. The fourth-order valence-corrected chi connectivity index (χ4v) is 7.70. The molecular weight excluding hydrogens is 530 g/mol. The molecule has 0 bridgehead atoms. The fourth-order valence-electron chi connectivity index (χ4n) is 6.72. The van der Waals surface area contributed by atoms with Crippen LogP contribution in [0.3, 0.4) is 0 Å². The summed E-state index contributed by atoms with van der Waals surface area (Å²) in [4.78, 5) is 40.2. The lowest BCUT2D eigenvalue weighted by Gasteiger charge is -2.40. The predicted molar refractivity (Wildman–Crippen MR) is 169 cm³/mol. The van der Waals surface area contributed by atoms with E-state index >= 15 is 0 Å². The maximum atomic E-state index is 13.8. The van der Waals surface area contributed by atoms with E-state index in [2.05, 4.69) is 43.3 Å². The third kappa shape index (κ3) is 7.17. The number of amides is 1. The second-order valence-electron chi connectivity index (χ2n) is 12.0. The van der Waals surface area contributed by atoms with Crippen molar-refractivity contribution < 1.29 is 14.4 Å². The van der Waals surface area contributed by atoms with E-state index < -0.39 is 6.09 Å². The number of nitrogens with zero attached hydrogens (tertiary/aromatic N) is 3. The average Bonchev–Trinajstić information content (AvgIpc) is 3.45. The molecule has 2 aromatic carbocycles. The van der Waals surface area contributed by atoms with Gasteiger partial charge in [-0.05, 0) is 43.1 Å². The van der Waals surface area contributed by atoms with Crippen LogP contribution in [0, 0.1) is 5.92 Å². The molecular formula is C34H45N3O3S. The standard InChI is InChI=1S/C34H45N3O3S/c1-3-5-14-24(4-2)23-29(38)32(33-35-31-28-20-13-12-15-25(28)21-22-30(31)41-33)36-40-34(39)37(26-16-8-6-9-17-26)27-18-10-7-11-19-27/h12-13,15,20-22,24,26-27H,3-11,14,16-19,23H2,1-2H3. The Bertz CT molecular complexity index is 1340. The lowest BCUT2D eigenvalue weighted by molar-refractivity contribution is -0.114. The number of carbonyl (C=O) groups excluding carboxylic acids is 2. The minimum absolute atomic E-state index is 0.0917. The summed E-state index contributed by atoms with van der Waals surface area (Å²) in [6.07, 6.45) is 15.2. The van der Waals surface area contributed by atoms with Crippen molar-refractivity contribution in [2.45, 2.75) is 122 Å². The van der Waals surface area contributed by atoms with Crippen molar-refractivity contribution >= 4 is 49.9 Å². The van der Waals surface area contributed by atoms with Gasteiger partial charge in [0.05, 0.1) is 10.2 Å². The number of rotatable bonds is 11. The summed E-state index contributed by atoms with van der Waals surface area (Å²) < 4.78 is 0.995. The number of carbonyl (C=O) groups is 2. The Hall–Kier alpha value is -2.80. The zero-order valence-corrected chi connectivity index (χ0v) is 25.6. The summed E-state index contributed by atoms with van der Waals surface area (Å²) >= 11 is 1.45. The molecule has 0 aliphatic heterocycles. The van der Waals surface area contributed by atoms with E-state index in [-0.39, 0.29) is 29.5 Å². The lowest BCUT2D eigenvalue weighted by Crippen LogP contribution is -2.48. The Morgan fingerprint density at radius 2 is 1.66 bits per heavy atom. The van der Waals surface area contributed by atoms with Gasteiger partial charge in [-0.1, -0.05) is 114 Å². The molecule has 7 heteroatoms. The van der Waals surface area contributed by atoms with E-state index in [1.54, 1.807) is 0 Å². The largest absolute Gasteiger partial charge is 0.436 e. The van der Waals surface area contributed by atoms with E-state index in [9.17, 15) is 9.59 Å². The summed E-state index contributed by atoms with van der Waals surface area (Å²) in [5.41, 5.74) is 1.05. The smallest absolute Gasteiger partial charge is 0.300 e. The molecule has 2 aliphatic rings. The van der Waals surface area contributed by atoms with Crippen molar-refractivity contribution in [2.75, 3.05) is 0 Å². The summed E-state index contributed by atoms with van der Waals surface area (Å²) in [5, 5.41) is 7.05. The van der Waals surface area contributed by atoms with Crippen LogP contribution >= 0.6 is 11.3 Å². The van der Waals surface area contributed by atoms with Gasteiger partial charge in [-0.25, -0.2) is 9.78 Å². The summed E-state index contributed by atoms with van der Waals surface area (Å²) in [5.74, 6) is 0.186. The molecule has 6 nitrogen and oxygen atoms in total. The van der Waals surface area contributed by atoms with E-state index in [0.717, 1.165) is 98.0 Å². The van der Waals surface area contributed by atoms with Gasteiger partial charge in [-0.15, -0.1) is 11.3 Å². The third-order valence-corrected chi connectivity index (χ3v) is 10.2. The number of Topliss-reactive ketones (excluding diaryl/α,β-unsaturated/α-hetero) is 1. The van der Waals surface area contributed by atoms with Crippen molar-refractivity contribution in [3.63, 3.8) is 0 Å². The Balaban J connectivity index is 1.46. The number of ketones is 1. The molecule has 1 aromatic heterocycles. The van der Waals surface area contributed by atoms with Crippen molar-refractivity contribution in [3.8, 4) is 0 Å².